The third-order valence-electron chi connectivity index (χ3n) is 10.1. The van der Waals surface area contributed by atoms with E-state index in [9.17, 15) is 0 Å². The van der Waals surface area contributed by atoms with Crippen molar-refractivity contribution in [1.29, 1.82) is 0 Å². The van der Waals surface area contributed by atoms with Crippen LogP contribution in [-0.4, -0.2) is 0 Å². The normalized spacial score (nSPS) is 11.7. The molecule has 52 heavy (non-hydrogen) atoms. The highest BCUT2D eigenvalue weighted by Crippen LogP contribution is 2.47. The Balaban J connectivity index is 1.20. The minimum atomic E-state index is 0.763. The largest absolute Gasteiger partial charge is 0.452 e. The lowest BCUT2D eigenvalue weighted by molar-refractivity contribution is 0.633. The maximum Gasteiger partial charge on any atom is 0.179 e. The van der Waals surface area contributed by atoms with Crippen molar-refractivity contribution in [2.45, 2.75) is 13.8 Å². The van der Waals surface area contributed by atoms with Crippen molar-refractivity contribution < 1.29 is 8.83 Å². The third-order valence-corrected chi connectivity index (χ3v) is 10.1. The first-order valence-corrected chi connectivity index (χ1v) is 17.7. The van der Waals surface area contributed by atoms with Gasteiger partial charge in [-0.2, -0.15) is 0 Å². The van der Waals surface area contributed by atoms with Crippen molar-refractivity contribution in [2.75, 3.05) is 9.80 Å². The Labute approximate surface area is 301 Å². The Morgan fingerprint density at radius 2 is 0.712 bits per heavy atom. The lowest BCUT2D eigenvalue weighted by Gasteiger charge is -2.25. The molecule has 0 amide bonds. The standard InChI is InChI=1S/C48H34N2O2/c1-31-13-11-19-35(27-31)49(33-15-5-3-6-16-33)37-23-25-41-43(29-37)51-47-45(41)39-21-9-10-22-40(39)46-42-26-24-38(30-44(42)52-48(46)47)50(34-17-7-4-8-18-34)36-20-12-14-32(2)28-36/h3-30H,1-2H3. The summed E-state index contributed by atoms with van der Waals surface area (Å²) in [6.07, 6.45) is 0. The van der Waals surface area contributed by atoms with Crippen molar-refractivity contribution in [3.8, 4) is 0 Å². The van der Waals surface area contributed by atoms with Gasteiger partial charge in [-0.05, 0) is 109 Å². The molecule has 0 fully saturated rings. The number of hydrogen-bond donors (Lipinski definition) is 0. The van der Waals surface area contributed by atoms with Gasteiger partial charge in [0.25, 0.3) is 0 Å². The van der Waals surface area contributed by atoms with E-state index >= 15 is 0 Å². The van der Waals surface area contributed by atoms with Crippen molar-refractivity contribution in [1.82, 2.24) is 0 Å². The summed E-state index contributed by atoms with van der Waals surface area (Å²) >= 11 is 0. The molecular weight excluding hydrogens is 637 g/mol. The fourth-order valence-electron chi connectivity index (χ4n) is 7.81. The van der Waals surface area contributed by atoms with Gasteiger partial charge in [0.1, 0.15) is 11.2 Å². The summed E-state index contributed by atoms with van der Waals surface area (Å²) in [7, 11) is 0. The van der Waals surface area contributed by atoms with Crippen LogP contribution in [-0.2, 0) is 0 Å². The molecule has 4 nitrogen and oxygen atoms in total. The van der Waals surface area contributed by atoms with E-state index in [0.717, 1.165) is 88.8 Å². The predicted molar refractivity (Wildman–Crippen MR) is 217 cm³/mol. The molecule has 0 saturated heterocycles. The zero-order chi connectivity index (χ0) is 34.8. The highest BCUT2D eigenvalue weighted by atomic mass is 16.4. The Hall–Kier alpha value is -6.78. The first kappa shape index (κ1) is 30.1. The minimum Gasteiger partial charge on any atom is -0.452 e. The van der Waals surface area contributed by atoms with Crippen LogP contribution in [0, 0.1) is 13.8 Å². The van der Waals surface area contributed by atoms with E-state index in [1.165, 1.54) is 11.1 Å². The Morgan fingerprint density at radius 3 is 1.13 bits per heavy atom. The van der Waals surface area contributed by atoms with Crippen LogP contribution < -0.4 is 9.80 Å². The molecule has 0 aliphatic carbocycles. The molecule has 0 atom stereocenters. The fourth-order valence-corrected chi connectivity index (χ4v) is 7.81. The van der Waals surface area contributed by atoms with Gasteiger partial charge < -0.3 is 18.6 Å². The van der Waals surface area contributed by atoms with Crippen molar-refractivity contribution >= 4 is 88.8 Å². The molecular formula is C48H34N2O2. The number of furan rings is 2. The molecule has 8 aromatic carbocycles. The zero-order valence-corrected chi connectivity index (χ0v) is 28.9. The monoisotopic (exact) mass is 670 g/mol. The number of nitrogens with zero attached hydrogens (tertiary/aromatic N) is 2. The molecule has 10 aromatic rings. The number of rotatable bonds is 6. The molecule has 0 bridgehead atoms. The Bertz CT molecular complexity index is 2740. The van der Waals surface area contributed by atoms with Gasteiger partial charge in [-0.15, -0.1) is 0 Å². The average Bonchev–Trinajstić information content (AvgIpc) is 3.75. The third kappa shape index (κ3) is 4.84. The maximum absolute atomic E-state index is 6.89. The predicted octanol–water partition coefficient (Wildman–Crippen LogP) is 14.2. The van der Waals surface area contributed by atoms with Crippen molar-refractivity contribution in [3.63, 3.8) is 0 Å². The molecule has 2 aromatic heterocycles. The van der Waals surface area contributed by atoms with E-state index in [0.29, 0.717) is 0 Å². The molecule has 0 aliphatic rings. The van der Waals surface area contributed by atoms with Crippen LogP contribution in [0.2, 0.25) is 0 Å². The number of aryl methyl sites for hydroxylation is 2. The number of para-hydroxylation sites is 2. The summed E-state index contributed by atoms with van der Waals surface area (Å²) < 4.78 is 13.8. The van der Waals surface area contributed by atoms with Gasteiger partial charge in [0.05, 0.1) is 0 Å². The van der Waals surface area contributed by atoms with Gasteiger partial charge in [0.2, 0.25) is 0 Å². The molecule has 248 valence electrons. The SMILES string of the molecule is Cc1cccc(N(c2ccccc2)c2ccc3c(c2)oc2c4oc5cc(N(c6ccccc6)c6cccc(C)c6)ccc5c4c4ccccc4c32)c1. The van der Waals surface area contributed by atoms with E-state index in [2.05, 4.69) is 194 Å². The van der Waals surface area contributed by atoms with Crippen LogP contribution in [0.25, 0.3) is 54.6 Å². The van der Waals surface area contributed by atoms with Crippen LogP contribution in [0.4, 0.5) is 34.1 Å². The number of benzene rings is 8. The second-order valence-corrected chi connectivity index (χ2v) is 13.5. The molecule has 0 N–H and O–H groups in total. The van der Waals surface area contributed by atoms with Gasteiger partial charge in [0.15, 0.2) is 11.2 Å². The summed E-state index contributed by atoms with van der Waals surface area (Å²) in [4.78, 5) is 4.56. The maximum atomic E-state index is 6.89. The van der Waals surface area contributed by atoms with Crippen LogP contribution in [0.15, 0.2) is 179 Å². The van der Waals surface area contributed by atoms with E-state index < -0.39 is 0 Å². The first-order valence-electron chi connectivity index (χ1n) is 17.7. The Kier molecular flexibility index (Phi) is 6.90. The highest BCUT2D eigenvalue weighted by molar-refractivity contribution is 6.33. The first-order chi connectivity index (χ1) is 25.6. The fraction of sp³-hybridized carbons (Fsp3) is 0.0417. The lowest BCUT2D eigenvalue weighted by Crippen LogP contribution is -2.09. The van der Waals surface area contributed by atoms with Crippen LogP contribution in [0.1, 0.15) is 11.1 Å². The Morgan fingerprint density at radius 1 is 0.327 bits per heavy atom. The summed E-state index contributed by atoms with van der Waals surface area (Å²) in [5.74, 6) is 0. The van der Waals surface area contributed by atoms with E-state index in [1.54, 1.807) is 0 Å². The topological polar surface area (TPSA) is 32.8 Å². The minimum absolute atomic E-state index is 0.763. The van der Waals surface area contributed by atoms with Crippen LogP contribution in [0.3, 0.4) is 0 Å². The number of anilines is 6. The molecule has 0 radical (unpaired) electrons. The van der Waals surface area contributed by atoms with E-state index in [1.807, 2.05) is 0 Å². The van der Waals surface area contributed by atoms with Gasteiger partial charge in [0, 0.05) is 67.8 Å². The smallest absolute Gasteiger partial charge is 0.179 e. The second kappa shape index (κ2) is 11.9. The lowest BCUT2D eigenvalue weighted by atomic mass is 9.98. The summed E-state index contributed by atoms with van der Waals surface area (Å²) in [5, 5.41) is 6.54. The molecule has 4 heteroatoms. The van der Waals surface area contributed by atoms with Gasteiger partial charge >= 0.3 is 0 Å². The van der Waals surface area contributed by atoms with Crippen LogP contribution in [0.5, 0.6) is 0 Å². The van der Waals surface area contributed by atoms with Gasteiger partial charge in [-0.25, -0.2) is 0 Å². The van der Waals surface area contributed by atoms with Crippen molar-refractivity contribution in [2.24, 2.45) is 0 Å². The molecule has 0 spiro atoms. The number of fused-ring (bicyclic) bond motifs is 10. The number of hydrogen-bond acceptors (Lipinski definition) is 4. The molecule has 0 unspecified atom stereocenters. The highest BCUT2D eigenvalue weighted by Gasteiger charge is 2.23. The summed E-state index contributed by atoms with van der Waals surface area (Å²) in [6.45, 7) is 4.26. The van der Waals surface area contributed by atoms with Gasteiger partial charge in [-0.3, -0.25) is 0 Å². The van der Waals surface area contributed by atoms with E-state index in [-0.39, 0.29) is 0 Å². The van der Waals surface area contributed by atoms with Crippen LogP contribution >= 0.6 is 0 Å². The molecule has 0 saturated carbocycles. The average molecular weight is 671 g/mol. The van der Waals surface area contributed by atoms with Gasteiger partial charge in [-0.1, -0.05) is 84.9 Å². The van der Waals surface area contributed by atoms with E-state index in [4.69, 9.17) is 8.83 Å². The molecule has 0 aliphatic heterocycles. The molecule has 10 rings (SSSR count). The summed E-state index contributed by atoms with van der Waals surface area (Å²) in [6, 6.07) is 59.9. The molecule has 2 heterocycles. The summed E-state index contributed by atoms with van der Waals surface area (Å²) in [5.41, 5.74) is 12.0. The second-order valence-electron chi connectivity index (χ2n) is 13.5. The van der Waals surface area contributed by atoms with Crippen molar-refractivity contribution in [3.05, 3.63) is 181 Å². The quantitative estimate of drug-likeness (QED) is 0.176. The zero-order valence-electron chi connectivity index (χ0n) is 28.9.